The molecule has 1 aromatic rings. The van der Waals surface area contributed by atoms with Gasteiger partial charge in [-0.25, -0.2) is 0 Å². The van der Waals surface area contributed by atoms with Crippen LogP contribution in [-0.4, -0.2) is 61.1 Å². The standard InChI is InChI=1S/C15H20N2O2/c1-11-3-5-12(6-4-11)15(18)17-9-13-7-16(2)8-14(10-17)19-13/h3-6,13-14H,7-10H2,1-2H3. The number of benzene rings is 1. The highest BCUT2D eigenvalue weighted by Crippen LogP contribution is 2.20. The predicted molar refractivity (Wildman–Crippen MR) is 73.2 cm³/mol. The summed E-state index contributed by atoms with van der Waals surface area (Å²) in [6.07, 6.45) is 0.318. The maximum atomic E-state index is 12.5. The summed E-state index contributed by atoms with van der Waals surface area (Å²) < 4.78 is 5.89. The first-order valence-corrected chi connectivity index (χ1v) is 6.82. The van der Waals surface area contributed by atoms with Crippen LogP contribution < -0.4 is 0 Å². The van der Waals surface area contributed by atoms with E-state index in [-0.39, 0.29) is 18.1 Å². The smallest absolute Gasteiger partial charge is 0.254 e. The summed E-state index contributed by atoms with van der Waals surface area (Å²) in [5.74, 6) is 0.128. The van der Waals surface area contributed by atoms with Crippen molar-refractivity contribution in [2.45, 2.75) is 19.1 Å². The van der Waals surface area contributed by atoms with Crippen LogP contribution in [0.5, 0.6) is 0 Å². The molecule has 2 bridgehead atoms. The maximum absolute atomic E-state index is 12.5. The Labute approximate surface area is 113 Å². The molecule has 3 rings (SSSR count). The molecule has 102 valence electrons. The van der Waals surface area contributed by atoms with Gasteiger partial charge in [-0.15, -0.1) is 0 Å². The summed E-state index contributed by atoms with van der Waals surface area (Å²) in [6.45, 7) is 5.26. The highest BCUT2D eigenvalue weighted by molar-refractivity contribution is 5.94. The summed E-state index contributed by atoms with van der Waals surface area (Å²) >= 11 is 0. The van der Waals surface area contributed by atoms with E-state index in [9.17, 15) is 4.79 Å². The van der Waals surface area contributed by atoms with Gasteiger partial charge in [-0.2, -0.15) is 0 Å². The van der Waals surface area contributed by atoms with Crippen LogP contribution in [0.15, 0.2) is 24.3 Å². The average Bonchev–Trinajstić information content (AvgIpc) is 2.37. The fourth-order valence-electron chi connectivity index (χ4n) is 2.94. The molecule has 19 heavy (non-hydrogen) atoms. The number of carbonyl (C=O) groups excluding carboxylic acids is 1. The summed E-state index contributed by atoms with van der Waals surface area (Å²) in [5, 5.41) is 0. The van der Waals surface area contributed by atoms with Gasteiger partial charge in [0.2, 0.25) is 0 Å². The molecule has 2 fully saturated rings. The number of morpholine rings is 2. The lowest BCUT2D eigenvalue weighted by Crippen LogP contribution is -2.59. The van der Waals surface area contributed by atoms with Gasteiger partial charge < -0.3 is 14.5 Å². The number of likely N-dealkylation sites (N-methyl/N-ethyl adjacent to an activating group) is 1. The number of rotatable bonds is 1. The van der Waals surface area contributed by atoms with Gasteiger partial charge in [0.05, 0.1) is 12.2 Å². The van der Waals surface area contributed by atoms with Crippen LogP contribution in [0.4, 0.5) is 0 Å². The molecular weight excluding hydrogens is 240 g/mol. The fourth-order valence-corrected chi connectivity index (χ4v) is 2.94. The monoisotopic (exact) mass is 260 g/mol. The van der Waals surface area contributed by atoms with E-state index >= 15 is 0 Å². The molecule has 0 radical (unpaired) electrons. The average molecular weight is 260 g/mol. The zero-order valence-electron chi connectivity index (χ0n) is 11.5. The van der Waals surface area contributed by atoms with Crippen LogP contribution in [-0.2, 0) is 4.74 Å². The lowest BCUT2D eigenvalue weighted by atomic mass is 10.1. The molecule has 1 aromatic carbocycles. The van der Waals surface area contributed by atoms with Crippen molar-refractivity contribution in [1.82, 2.24) is 9.80 Å². The SMILES string of the molecule is Cc1ccc(C(=O)N2CC3CN(C)CC(C2)O3)cc1. The molecule has 2 heterocycles. The van der Waals surface area contributed by atoms with Crippen molar-refractivity contribution >= 4 is 5.91 Å². The van der Waals surface area contributed by atoms with E-state index in [1.165, 1.54) is 5.56 Å². The second-order valence-electron chi connectivity index (χ2n) is 5.68. The second kappa shape index (κ2) is 4.94. The Hall–Kier alpha value is -1.39. The molecule has 2 aliphatic rings. The Balaban J connectivity index is 1.73. The third kappa shape index (κ3) is 2.65. The zero-order valence-corrected chi connectivity index (χ0v) is 11.5. The highest BCUT2D eigenvalue weighted by Gasteiger charge is 2.35. The number of hydrogen-bond donors (Lipinski definition) is 0. The normalized spacial score (nSPS) is 27.4. The van der Waals surface area contributed by atoms with Crippen LogP contribution in [0.1, 0.15) is 15.9 Å². The minimum absolute atomic E-state index is 0.128. The van der Waals surface area contributed by atoms with Gasteiger partial charge in [0.25, 0.3) is 5.91 Å². The van der Waals surface area contributed by atoms with E-state index in [4.69, 9.17) is 4.74 Å². The first-order chi connectivity index (χ1) is 9.11. The Morgan fingerprint density at radius 3 is 2.26 bits per heavy atom. The predicted octanol–water partition coefficient (Wildman–Crippen LogP) is 1.15. The van der Waals surface area contributed by atoms with Crippen molar-refractivity contribution in [3.05, 3.63) is 35.4 Å². The van der Waals surface area contributed by atoms with E-state index in [1.807, 2.05) is 36.1 Å². The van der Waals surface area contributed by atoms with Crippen molar-refractivity contribution in [1.29, 1.82) is 0 Å². The van der Waals surface area contributed by atoms with Crippen molar-refractivity contribution in [3.63, 3.8) is 0 Å². The molecule has 1 amide bonds. The third-order valence-corrected chi connectivity index (χ3v) is 3.85. The summed E-state index contributed by atoms with van der Waals surface area (Å²) in [7, 11) is 2.11. The Kier molecular flexibility index (Phi) is 3.29. The first kappa shape index (κ1) is 12.6. The summed E-state index contributed by atoms with van der Waals surface area (Å²) in [6, 6.07) is 7.80. The summed E-state index contributed by atoms with van der Waals surface area (Å²) in [5.41, 5.74) is 1.95. The molecule has 2 aliphatic heterocycles. The molecular formula is C15H20N2O2. The molecule has 4 heteroatoms. The van der Waals surface area contributed by atoms with Gasteiger partial charge in [-0.1, -0.05) is 17.7 Å². The topological polar surface area (TPSA) is 32.8 Å². The van der Waals surface area contributed by atoms with E-state index < -0.39 is 0 Å². The Bertz CT molecular complexity index is 454. The van der Waals surface area contributed by atoms with Crippen molar-refractivity contribution in [2.24, 2.45) is 0 Å². The van der Waals surface area contributed by atoms with E-state index in [0.717, 1.165) is 18.7 Å². The largest absolute Gasteiger partial charge is 0.369 e. The lowest BCUT2D eigenvalue weighted by Gasteiger charge is -2.44. The second-order valence-corrected chi connectivity index (χ2v) is 5.68. The fraction of sp³-hybridized carbons (Fsp3) is 0.533. The van der Waals surface area contributed by atoms with Crippen LogP contribution in [0.25, 0.3) is 0 Å². The van der Waals surface area contributed by atoms with Crippen molar-refractivity contribution in [3.8, 4) is 0 Å². The zero-order chi connectivity index (χ0) is 13.4. The maximum Gasteiger partial charge on any atom is 0.254 e. The molecule has 2 saturated heterocycles. The molecule has 0 saturated carbocycles. The van der Waals surface area contributed by atoms with Crippen LogP contribution in [0.3, 0.4) is 0 Å². The number of ether oxygens (including phenoxy) is 1. The Morgan fingerprint density at radius 2 is 1.68 bits per heavy atom. The van der Waals surface area contributed by atoms with Crippen LogP contribution >= 0.6 is 0 Å². The van der Waals surface area contributed by atoms with Crippen molar-refractivity contribution < 1.29 is 9.53 Å². The number of fused-ring (bicyclic) bond motifs is 2. The molecule has 2 unspecified atom stereocenters. The lowest BCUT2D eigenvalue weighted by molar-refractivity contribution is -0.124. The van der Waals surface area contributed by atoms with Crippen LogP contribution in [0.2, 0.25) is 0 Å². The van der Waals surface area contributed by atoms with Crippen molar-refractivity contribution in [2.75, 3.05) is 33.2 Å². The van der Waals surface area contributed by atoms with Gasteiger partial charge in [-0.05, 0) is 26.1 Å². The van der Waals surface area contributed by atoms with E-state index in [2.05, 4.69) is 11.9 Å². The molecule has 0 aliphatic carbocycles. The van der Waals surface area contributed by atoms with Gasteiger partial charge in [0.15, 0.2) is 0 Å². The van der Waals surface area contributed by atoms with Gasteiger partial charge in [0.1, 0.15) is 0 Å². The van der Waals surface area contributed by atoms with Gasteiger partial charge in [0, 0.05) is 31.7 Å². The summed E-state index contributed by atoms with van der Waals surface area (Å²) in [4.78, 5) is 16.7. The number of amides is 1. The highest BCUT2D eigenvalue weighted by atomic mass is 16.5. The third-order valence-electron chi connectivity index (χ3n) is 3.85. The molecule has 0 aromatic heterocycles. The van der Waals surface area contributed by atoms with Gasteiger partial charge >= 0.3 is 0 Å². The Morgan fingerprint density at radius 1 is 1.11 bits per heavy atom. The minimum Gasteiger partial charge on any atom is -0.369 e. The first-order valence-electron chi connectivity index (χ1n) is 6.82. The number of carbonyl (C=O) groups is 1. The molecule has 0 N–H and O–H groups in total. The molecule has 2 atom stereocenters. The number of nitrogens with zero attached hydrogens (tertiary/aromatic N) is 2. The van der Waals surface area contributed by atoms with Crippen LogP contribution in [0, 0.1) is 6.92 Å². The van der Waals surface area contributed by atoms with E-state index in [0.29, 0.717) is 13.1 Å². The number of hydrogen-bond acceptors (Lipinski definition) is 3. The molecule has 4 nitrogen and oxygen atoms in total. The molecule has 0 spiro atoms. The quantitative estimate of drug-likeness (QED) is 0.759. The number of aryl methyl sites for hydroxylation is 1. The van der Waals surface area contributed by atoms with Gasteiger partial charge in [-0.3, -0.25) is 4.79 Å². The van der Waals surface area contributed by atoms with E-state index in [1.54, 1.807) is 0 Å². The minimum atomic E-state index is 0.128.